The highest BCUT2D eigenvalue weighted by atomic mass is 32.2. The fraction of sp³-hybridized carbons (Fsp3) is 0.0526. The summed E-state index contributed by atoms with van der Waals surface area (Å²) in [5, 5.41) is 4.08. The largest absolute Gasteiger partial charge is 0.379 e. The van der Waals surface area contributed by atoms with Crippen molar-refractivity contribution in [2.45, 2.75) is 4.90 Å². The van der Waals surface area contributed by atoms with Crippen molar-refractivity contribution >= 4 is 51.4 Å². The van der Waals surface area contributed by atoms with Crippen LogP contribution < -0.4 is 19.4 Å². The first-order chi connectivity index (χ1) is 23.7. The molecule has 0 aromatic heterocycles. The maximum atomic E-state index is 13.8. The molecule has 0 unspecified atom stereocenters. The molecular formula is C38H31N5O5S. The van der Waals surface area contributed by atoms with E-state index in [1.165, 1.54) is 29.2 Å². The van der Waals surface area contributed by atoms with E-state index in [2.05, 4.69) is 15.5 Å². The topological polar surface area (TPSA) is 121 Å². The van der Waals surface area contributed by atoms with E-state index in [1.807, 2.05) is 73.6 Å². The second-order valence-corrected chi connectivity index (χ2v) is 12.7. The molecule has 0 saturated heterocycles. The number of hydrazone groups is 1. The van der Waals surface area contributed by atoms with E-state index in [9.17, 15) is 18.0 Å². The summed E-state index contributed by atoms with van der Waals surface area (Å²) in [6, 6.07) is 37.8. The number of hydrogen-bond acceptors (Lipinski definition) is 8. The Bertz CT molecular complexity index is 2160. The summed E-state index contributed by atoms with van der Waals surface area (Å²) in [5.74, 6) is -0.213. The SMILES string of the molecule is CN(C)c1ccc(/C=N/NC(=O)c2ccc(N3C(=O)/C(=C/c4ccc(OS(=O)(=O)c5ccccc5)cc4)N=C3c3ccccc3)cc2)cc1. The molecule has 1 aliphatic rings. The lowest BCUT2D eigenvalue weighted by Crippen LogP contribution is -2.32. The van der Waals surface area contributed by atoms with Crippen LogP contribution in [0.25, 0.3) is 6.08 Å². The lowest BCUT2D eigenvalue weighted by atomic mass is 10.1. The summed E-state index contributed by atoms with van der Waals surface area (Å²) in [4.78, 5) is 34.8. The van der Waals surface area contributed by atoms with Crippen molar-refractivity contribution in [1.82, 2.24) is 5.43 Å². The first-order valence-corrected chi connectivity index (χ1v) is 16.6. The Labute approximate surface area is 284 Å². The van der Waals surface area contributed by atoms with Crippen molar-refractivity contribution in [2.24, 2.45) is 10.1 Å². The molecular weight excluding hydrogens is 639 g/mol. The quantitative estimate of drug-likeness (QED) is 0.0829. The van der Waals surface area contributed by atoms with Crippen molar-refractivity contribution in [2.75, 3.05) is 23.9 Å². The highest BCUT2D eigenvalue weighted by Gasteiger charge is 2.32. The fourth-order valence-corrected chi connectivity index (χ4v) is 5.88. The van der Waals surface area contributed by atoms with Gasteiger partial charge in [0.2, 0.25) is 0 Å². The van der Waals surface area contributed by atoms with E-state index >= 15 is 0 Å². The number of aliphatic imine (C=N–C) groups is 1. The maximum absolute atomic E-state index is 13.8. The molecule has 6 rings (SSSR count). The van der Waals surface area contributed by atoms with Gasteiger partial charge in [0, 0.05) is 30.9 Å². The van der Waals surface area contributed by atoms with Crippen LogP contribution in [0.5, 0.6) is 5.75 Å². The van der Waals surface area contributed by atoms with Crippen LogP contribution in [0.3, 0.4) is 0 Å². The third kappa shape index (κ3) is 7.64. The van der Waals surface area contributed by atoms with E-state index in [0.717, 1.165) is 16.8 Å². The monoisotopic (exact) mass is 669 g/mol. The predicted octanol–water partition coefficient (Wildman–Crippen LogP) is 6.12. The molecule has 1 N–H and O–H groups in total. The zero-order valence-electron chi connectivity index (χ0n) is 26.6. The lowest BCUT2D eigenvalue weighted by molar-refractivity contribution is -0.113. The molecule has 0 spiro atoms. The van der Waals surface area contributed by atoms with Crippen LogP contribution in [0, 0.1) is 0 Å². The lowest BCUT2D eigenvalue weighted by Gasteiger charge is -2.18. The van der Waals surface area contributed by atoms with Gasteiger partial charge >= 0.3 is 10.1 Å². The molecule has 10 nitrogen and oxygen atoms in total. The summed E-state index contributed by atoms with van der Waals surface area (Å²) in [7, 11) is -0.0725. The van der Waals surface area contributed by atoms with Gasteiger partial charge in [-0.3, -0.25) is 14.5 Å². The Morgan fingerprint density at radius 3 is 2.04 bits per heavy atom. The molecule has 5 aromatic carbocycles. The summed E-state index contributed by atoms with van der Waals surface area (Å²) in [5.41, 5.74) is 6.84. The van der Waals surface area contributed by atoms with Crippen LogP contribution in [0.4, 0.5) is 11.4 Å². The minimum absolute atomic E-state index is 0.0461. The standard InChI is InChI=1S/C38H31N5O5S/c1-42(2)31-19-13-28(14-20-31)26-39-41-37(44)30-17-21-32(22-18-30)43-36(29-9-5-3-6-10-29)40-35(38(43)45)25-27-15-23-33(24-16-27)48-49(46,47)34-11-7-4-8-12-34/h3-26H,1-2H3,(H,41,44)/b35-25-,39-26+. The number of amidine groups is 1. The Morgan fingerprint density at radius 2 is 1.41 bits per heavy atom. The summed E-state index contributed by atoms with van der Waals surface area (Å²) in [6.07, 6.45) is 3.19. The van der Waals surface area contributed by atoms with E-state index in [1.54, 1.807) is 66.9 Å². The average Bonchev–Trinajstić information content (AvgIpc) is 3.45. The van der Waals surface area contributed by atoms with Gasteiger partial charge in [0.1, 0.15) is 22.2 Å². The molecule has 11 heteroatoms. The van der Waals surface area contributed by atoms with Gasteiger partial charge in [-0.15, -0.1) is 0 Å². The van der Waals surface area contributed by atoms with Gasteiger partial charge in [-0.05, 0) is 77.9 Å². The number of hydrogen-bond donors (Lipinski definition) is 1. The van der Waals surface area contributed by atoms with Crippen LogP contribution in [-0.4, -0.2) is 46.4 Å². The summed E-state index contributed by atoms with van der Waals surface area (Å²) < 4.78 is 30.5. The van der Waals surface area contributed by atoms with Gasteiger partial charge in [0.05, 0.1) is 11.9 Å². The first kappa shape index (κ1) is 32.6. The molecule has 244 valence electrons. The Balaban J connectivity index is 1.19. The third-order valence-corrected chi connectivity index (χ3v) is 8.75. The predicted molar refractivity (Wildman–Crippen MR) is 191 cm³/mol. The van der Waals surface area contributed by atoms with Crippen molar-refractivity contribution in [3.63, 3.8) is 0 Å². The van der Waals surface area contributed by atoms with Gasteiger partial charge in [-0.1, -0.05) is 72.8 Å². The molecule has 1 aliphatic heterocycles. The van der Waals surface area contributed by atoms with Crippen molar-refractivity contribution in [3.05, 3.63) is 161 Å². The van der Waals surface area contributed by atoms with Gasteiger partial charge in [-0.25, -0.2) is 10.4 Å². The van der Waals surface area contributed by atoms with Crippen molar-refractivity contribution < 1.29 is 22.2 Å². The second-order valence-electron chi connectivity index (χ2n) is 11.1. The number of rotatable bonds is 10. The van der Waals surface area contributed by atoms with Crippen LogP contribution in [-0.2, 0) is 14.9 Å². The first-order valence-electron chi connectivity index (χ1n) is 15.2. The molecule has 0 saturated carbocycles. The third-order valence-electron chi connectivity index (χ3n) is 7.49. The number of carbonyl (C=O) groups excluding carboxylic acids is 2. The van der Waals surface area contributed by atoms with E-state index in [-0.39, 0.29) is 22.2 Å². The Morgan fingerprint density at radius 1 is 0.796 bits per heavy atom. The van der Waals surface area contributed by atoms with Crippen LogP contribution in [0.2, 0.25) is 0 Å². The number of amides is 2. The van der Waals surface area contributed by atoms with Gasteiger partial charge in [-0.2, -0.15) is 13.5 Å². The van der Waals surface area contributed by atoms with Crippen LogP contribution >= 0.6 is 0 Å². The van der Waals surface area contributed by atoms with Crippen LogP contribution in [0.1, 0.15) is 27.0 Å². The average molecular weight is 670 g/mol. The molecule has 0 radical (unpaired) electrons. The molecule has 5 aromatic rings. The highest BCUT2D eigenvalue weighted by molar-refractivity contribution is 7.87. The van der Waals surface area contributed by atoms with Crippen LogP contribution in [0.15, 0.2) is 154 Å². The number of anilines is 2. The number of carbonyl (C=O) groups is 2. The molecule has 1 heterocycles. The summed E-state index contributed by atoms with van der Waals surface area (Å²) >= 11 is 0. The van der Waals surface area contributed by atoms with Crippen molar-refractivity contribution in [3.8, 4) is 5.75 Å². The van der Waals surface area contributed by atoms with E-state index < -0.39 is 16.0 Å². The smallest absolute Gasteiger partial charge is 0.339 e. The molecule has 0 bridgehead atoms. The molecule has 0 aliphatic carbocycles. The van der Waals surface area contributed by atoms with Gasteiger partial charge in [0.25, 0.3) is 11.8 Å². The molecule has 0 fully saturated rings. The minimum Gasteiger partial charge on any atom is -0.379 e. The normalized spacial score (nSPS) is 13.8. The second kappa shape index (κ2) is 14.2. The summed E-state index contributed by atoms with van der Waals surface area (Å²) in [6.45, 7) is 0. The number of benzene rings is 5. The minimum atomic E-state index is -3.99. The fourth-order valence-electron chi connectivity index (χ4n) is 4.93. The highest BCUT2D eigenvalue weighted by Crippen LogP contribution is 2.29. The van der Waals surface area contributed by atoms with E-state index in [0.29, 0.717) is 22.6 Å². The molecule has 0 atom stereocenters. The van der Waals surface area contributed by atoms with Gasteiger partial charge in [0.15, 0.2) is 0 Å². The van der Waals surface area contributed by atoms with E-state index in [4.69, 9.17) is 4.18 Å². The zero-order chi connectivity index (χ0) is 34.4. The van der Waals surface area contributed by atoms with Gasteiger partial charge < -0.3 is 9.08 Å². The number of nitrogens with one attached hydrogen (secondary N) is 1. The zero-order valence-corrected chi connectivity index (χ0v) is 27.4. The Kier molecular flexibility index (Phi) is 9.45. The molecule has 49 heavy (non-hydrogen) atoms. The molecule has 2 amide bonds. The van der Waals surface area contributed by atoms with Crippen molar-refractivity contribution in [1.29, 1.82) is 0 Å². The Hall–Kier alpha value is -6.33. The maximum Gasteiger partial charge on any atom is 0.339 e. The number of nitrogens with zero attached hydrogens (tertiary/aromatic N) is 4.